The van der Waals surface area contributed by atoms with E-state index in [2.05, 4.69) is 68.5 Å². The molecule has 2 fully saturated rings. The topological polar surface area (TPSA) is 122 Å². The van der Waals surface area contributed by atoms with Crippen LogP contribution in [-0.4, -0.2) is 77.6 Å². The molecule has 0 amide bonds. The molecular formula is C23H50ClN3O3S. The summed E-state index contributed by atoms with van der Waals surface area (Å²) >= 11 is 8.13. The van der Waals surface area contributed by atoms with Crippen molar-refractivity contribution >= 4 is 23.4 Å². The second kappa shape index (κ2) is 17.4. The van der Waals surface area contributed by atoms with Crippen LogP contribution in [0, 0.1) is 17.3 Å². The molecule has 1 aliphatic carbocycles. The van der Waals surface area contributed by atoms with Crippen LogP contribution in [0.2, 0.25) is 0 Å². The van der Waals surface area contributed by atoms with Crippen LogP contribution < -0.4 is 10.6 Å². The molecule has 3 atom stereocenters. The number of likely N-dealkylation sites (N-methyl/N-ethyl adjacent to an activating group) is 1. The minimum absolute atomic E-state index is 0. The van der Waals surface area contributed by atoms with E-state index in [1.54, 1.807) is 0 Å². The first-order valence-corrected chi connectivity index (χ1v) is 12.1. The third-order valence-electron chi connectivity index (χ3n) is 6.04. The van der Waals surface area contributed by atoms with Crippen molar-refractivity contribution in [3.8, 4) is 0 Å². The monoisotopic (exact) mass is 483 g/mol. The third kappa shape index (κ3) is 11.5. The number of likely N-dealkylation sites (tertiary alicyclic amines) is 1. The normalized spacial score (nSPS) is 25.5. The highest BCUT2D eigenvalue weighted by Gasteiger charge is 2.38. The van der Waals surface area contributed by atoms with Gasteiger partial charge in [-0.25, -0.2) is 0 Å². The van der Waals surface area contributed by atoms with Crippen LogP contribution in [0.5, 0.6) is 0 Å². The van der Waals surface area contributed by atoms with Gasteiger partial charge >= 0.3 is 0 Å². The minimum Gasteiger partial charge on any atom is -0.412 e. The Morgan fingerprint density at radius 1 is 1.29 bits per heavy atom. The first kappa shape index (κ1) is 35.5. The molecule has 3 rings (SSSR count). The standard InChI is InChI=1S/C19H33ClN2.C3H7NS.CH4.3H2O/c1-14(2)18(21-5)12-22-11-10-17(19(3,4)13-22)15-6-8-16(20)9-7-15;1-2-5-3-4-1;;;;/h6-8,14,16-18,21H,9-13H2,1-5H3;4H,1-3H2;1H4;3*1H2/t16?,17-,18+;;;;;/m1...../s1. The summed E-state index contributed by atoms with van der Waals surface area (Å²) in [5, 5.41) is 6.85. The first-order valence-electron chi connectivity index (χ1n) is 10.5. The number of thioether (sulfide) groups is 1. The maximum absolute atomic E-state index is 6.17. The zero-order chi connectivity index (χ0) is 19.9. The summed E-state index contributed by atoms with van der Waals surface area (Å²) < 4.78 is 0. The summed E-state index contributed by atoms with van der Waals surface area (Å²) in [6.45, 7) is 14.2. The van der Waals surface area contributed by atoms with Gasteiger partial charge in [0.1, 0.15) is 0 Å². The van der Waals surface area contributed by atoms with E-state index in [0.717, 1.165) is 13.0 Å². The van der Waals surface area contributed by atoms with Gasteiger partial charge in [0.05, 0.1) is 5.38 Å². The zero-order valence-corrected chi connectivity index (χ0v) is 21.0. The fourth-order valence-corrected chi connectivity index (χ4v) is 5.27. The lowest BCUT2D eigenvalue weighted by Crippen LogP contribution is -2.51. The number of halogens is 1. The van der Waals surface area contributed by atoms with Crippen molar-refractivity contribution in [3.05, 3.63) is 23.8 Å². The average Bonchev–Trinajstić information content (AvgIpc) is 3.20. The van der Waals surface area contributed by atoms with E-state index < -0.39 is 0 Å². The molecule has 2 saturated heterocycles. The molecule has 8 heteroatoms. The molecule has 0 aromatic heterocycles. The fourth-order valence-electron chi connectivity index (χ4n) is 4.39. The van der Waals surface area contributed by atoms with Crippen LogP contribution in [0.1, 0.15) is 48.0 Å². The summed E-state index contributed by atoms with van der Waals surface area (Å²) in [4.78, 5) is 2.65. The lowest BCUT2D eigenvalue weighted by molar-refractivity contribution is 0.0641. The SMILES string of the molecule is C.C1CSCN1.CN[C@@H](CN1CC[C@H](C2=CCC(Cl)C=C2)C(C)(C)C1)C(C)C.O.O.O. The molecule has 3 aliphatic rings. The Morgan fingerprint density at radius 2 is 1.97 bits per heavy atom. The second-order valence-corrected chi connectivity index (χ2v) is 10.7. The van der Waals surface area contributed by atoms with E-state index in [4.69, 9.17) is 11.6 Å². The Kier molecular flexibility index (Phi) is 19.9. The van der Waals surface area contributed by atoms with Crippen molar-refractivity contribution in [2.75, 3.05) is 44.9 Å². The lowest BCUT2D eigenvalue weighted by Gasteiger charge is -2.46. The number of nitrogens with zero attached hydrogens (tertiary/aromatic N) is 1. The van der Waals surface area contributed by atoms with Crippen LogP contribution in [0.15, 0.2) is 23.8 Å². The van der Waals surface area contributed by atoms with Gasteiger partial charge in [-0.3, -0.25) is 0 Å². The highest BCUT2D eigenvalue weighted by atomic mass is 35.5. The van der Waals surface area contributed by atoms with Gasteiger partial charge in [-0.15, -0.1) is 23.4 Å². The average molecular weight is 484 g/mol. The molecule has 0 aromatic carbocycles. The molecule has 188 valence electrons. The van der Waals surface area contributed by atoms with E-state index in [0.29, 0.717) is 23.3 Å². The highest BCUT2D eigenvalue weighted by molar-refractivity contribution is 7.99. The van der Waals surface area contributed by atoms with Crippen LogP contribution in [-0.2, 0) is 0 Å². The van der Waals surface area contributed by atoms with Crippen molar-refractivity contribution in [3.63, 3.8) is 0 Å². The Bertz CT molecular complexity index is 507. The van der Waals surface area contributed by atoms with Crippen LogP contribution in [0.4, 0.5) is 0 Å². The largest absolute Gasteiger partial charge is 0.412 e. The maximum Gasteiger partial charge on any atom is 0.0553 e. The fraction of sp³-hybridized carbons (Fsp3) is 0.826. The van der Waals surface area contributed by atoms with Gasteiger partial charge in [0, 0.05) is 37.3 Å². The number of nitrogens with one attached hydrogen (secondary N) is 2. The number of rotatable bonds is 5. The van der Waals surface area contributed by atoms with Crippen LogP contribution in [0.25, 0.3) is 0 Å². The van der Waals surface area contributed by atoms with Crippen molar-refractivity contribution in [1.29, 1.82) is 0 Å². The molecule has 0 saturated carbocycles. The number of alkyl halides is 1. The zero-order valence-electron chi connectivity index (χ0n) is 19.4. The molecule has 0 spiro atoms. The Hall–Kier alpha value is -0.120. The van der Waals surface area contributed by atoms with Crippen LogP contribution >= 0.6 is 23.4 Å². The number of hydrogen-bond acceptors (Lipinski definition) is 4. The molecule has 0 radical (unpaired) electrons. The van der Waals surface area contributed by atoms with E-state index >= 15 is 0 Å². The van der Waals surface area contributed by atoms with Crippen molar-refractivity contribution in [2.24, 2.45) is 17.3 Å². The van der Waals surface area contributed by atoms with Crippen LogP contribution in [0.3, 0.4) is 0 Å². The van der Waals surface area contributed by atoms with Crippen molar-refractivity contribution < 1.29 is 16.4 Å². The van der Waals surface area contributed by atoms with Gasteiger partial charge in [0.15, 0.2) is 0 Å². The first-order chi connectivity index (χ1) is 12.8. The molecule has 31 heavy (non-hydrogen) atoms. The molecule has 6 nitrogen and oxygen atoms in total. The van der Waals surface area contributed by atoms with Gasteiger partial charge in [-0.05, 0) is 49.3 Å². The molecule has 1 unspecified atom stereocenters. The van der Waals surface area contributed by atoms with Gasteiger partial charge in [0.25, 0.3) is 0 Å². The third-order valence-corrected chi connectivity index (χ3v) is 7.27. The Morgan fingerprint density at radius 3 is 2.35 bits per heavy atom. The van der Waals surface area contributed by atoms with Gasteiger partial charge in [-0.1, -0.05) is 53.3 Å². The highest BCUT2D eigenvalue weighted by Crippen LogP contribution is 2.41. The summed E-state index contributed by atoms with van der Waals surface area (Å²) in [5.41, 5.74) is 1.83. The maximum atomic E-state index is 6.17. The quantitative estimate of drug-likeness (QED) is 0.583. The lowest BCUT2D eigenvalue weighted by atomic mass is 9.69. The van der Waals surface area contributed by atoms with E-state index in [-0.39, 0.29) is 29.2 Å². The smallest absolute Gasteiger partial charge is 0.0553 e. The summed E-state index contributed by atoms with van der Waals surface area (Å²) in [6.07, 6.45) is 9.04. The molecule has 0 aromatic rings. The van der Waals surface area contributed by atoms with Gasteiger partial charge in [0.2, 0.25) is 0 Å². The molecule has 2 aliphatic heterocycles. The predicted molar refractivity (Wildman–Crippen MR) is 140 cm³/mol. The summed E-state index contributed by atoms with van der Waals surface area (Å²) in [7, 11) is 2.09. The molecule has 0 bridgehead atoms. The van der Waals surface area contributed by atoms with E-state index in [1.807, 2.05) is 11.8 Å². The summed E-state index contributed by atoms with van der Waals surface area (Å²) in [6, 6.07) is 0.582. The number of piperidine rings is 1. The van der Waals surface area contributed by atoms with Gasteiger partial charge in [-0.2, -0.15) is 0 Å². The summed E-state index contributed by atoms with van der Waals surface area (Å²) in [5.74, 6) is 3.81. The molecule has 8 N–H and O–H groups in total. The van der Waals surface area contributed by atoms with Crippen molar-refractivity contribution in [1.82, 2.24) is 15.5 Å². The van der Waals surface area contributed by atoms with E-state index in [1.165, 1.54) is 43.3 Å². The van der Waals surface area contributed by atoms with Gasteiger partial charge < -0.3 is 32.0 Å². The minimum atomic E-state index is 0. The Labute approximate surface area is 200 Å². The Balaban J connectivity index is -0.000000769. The predicted octanol–water partition coefficient (Wildman–Crippen LogP) is 2.51. The number of allylic oxidation sites excluding steroid dienone is 4. The second-order valence-electron chi connectivity index (χ2n) is 9.07. The molecule has 2 heterocycles. The van der Waals surface area contributed by atoms with Crippen molar-refractivity contribution in [2.45, 2.75) is 59.4 Å². The van der Waals surface area contributed by atoms with E-state index in [9.17, 15) is 0 Å². The number of hydrogen-bond donors (Lipinski definition) is 2. The molecular weight excluding hydrogens is 434 g/mol.